The lowest BCUT2D eigenvalue weighted by atomic mass is 10.1. The van der Waals surface area contributed by atoms with E-state index in [2.05, 4.69) is 11.8 Å². The molecule has 0 saturated heterocycles. The van der Waals surface area contributed by atoms with Crippen LogP contribution in [-0.4, -0.2) is 43.6 Å². The monoisotopic (exact) mass is 253 g/mol. The zero-order chi connectivity index (χ0) is 13.0. The summed E-state index contributed by atoms with van der Waals surface area (Å²) in [6.45, 7) is 5.39. The van der Waals surface area contributed by atoms with Crippen LogP contribution >= 0.6 is 0 Å². The average Bonchev–Trinajstić information content (AvgIpc) is 2.81. The number of hydrogen-bond acceptors (Lipinski definition) is 5. The van der Waals surface area contributed by atoms with Crippen molar-refractivity contribution in [2.45, 2.75) is 13.5 Å². The molecule has 0 unspecified atom stereocenters. The molecule has 0 fully saturated rings. The molecular formula is C13H19NO4. The summed E-state index contributed by atoms with van der Waals surface area (Å²) in [5.74, 6) is 1.55. The molecule has 1 aliphatic rings. The lowest BCUT2D eigenvalue weighted by Crippen LogP contribution is -2.26. The topological polar surface area (TPSA) is 51.2 Å². The molecule has 0 radical (unpaired) electrons. The molecule has 1 aromatic rings. The smallest absolute Gasteiger partial charge is 0.231 e. The molecule has 0 aliphatic carbocycles. The molecule has 0 atom stereocenters. The fourth-order valence-electron chi connectivity index (χ4n) is 1.91. The highest BCUT2D eigenvalue weighted by atomic mass is 16.7. The molecular weight excluding hydrogens is 234 g/mol. The summed E-state index contributed by atoms with van der Waals surface area (Å²) < 4.78 is 15.6. The molecule has 1 aliphatic heterocycles. The van der Waals surface area contributed by atoms with Gasteiger partial charge >= 0.3 is 0 Å². The molecule has 1 heterocycles. The van der Waals surface area contributed by atoms with Crippen LogP contribution in [0.4, 0.5) is 0 Å². The van der Waals surface area contributed by atoms with E-state index in [1.54, 1.807) is 13.2 Å². The molecule has 1 aromatic carbocycles. The number of ether oxygens (including phenoxy) is 3. The van der Waals surface area contributed by atoms with E-state index in [4.69, 9.17) is 14.2 Å². The fraction of sp³-hybridized carbons (Fsp3) is 0.538. The number of rotatable bonds is 6. The zero-order valence-electron chi connectivity index (χ0n) is 10.8. The number of benzene rings is 1. The Morgan fingerprint density at radius 2 is 2.06 bits per heavy atom. The van der Waals surface area contributed by atoms with E-state index in [1.807, 2.05) is 6.07 Å². The second-order valence-electron chi connectivity index (χ2n) is 4.20. The zero-order valence-corrected chi connectivity index (χ0v) is 10.8. The summed E-state index contributed by atoms with van der Waals surface area (Å²) in [5, 5.41) is 9.95. The Kier molecular flexibility index (Phi) is 4.28. The molecule has 0 spiro atoms. The summed E-state index contributed by atoms with van der Waals surface area (Å²) in [4.78, 5) is 2.20. The van der Waals surface area contributed by atoms with Crippen molar-refractivity contribution in [3.05, 3.63) is 17.7 Å². The Bertz CT molecular complexity index is 408. The van der Waals surface area contributed by atoms with Crippen molar-refractivity contribution in [3.63, 3.8) is 0 Å². The quantitative estimate of drug-likeness (QED) is 0.834. The summed E-state index contributed by atoms with van der Waals surface area (Å²) in [5.41, 5.74) is 0.845. The molecule has 1 N–H and O–H groups in total. The van der Waals surface area contributed by atoms with E-state index in [9.17, 15) is 5.11 Å². The van der Waals surface area contributed by atoms with Crippen LogP contribution < -0.4 is 9.47 Å². The first-order valence-electron chi connectivity index (χ1n) is 6.07. The van der Waals surface area contributed by atoms with Gasteiger partial charge in [-0.15, -0.1) is 0 Å². The predicted molar refractivity (Wildman–Crippen MR) is 67.1 cm³/mol. The molecule has 5 nitrogen and oxygen atoms in total. The van der Waals surface area contributed by atoms with Gasteiger partial charge in [-0.3, -0.25) is 4.90 Å². The van der Waals surface area contributed by atoms with Crippen molar-refractivity contribution >= 4 is 0 Å². The Balaban J connectivity index is 2.08. The third-order valence-electron chi connectivity index (χ3n) is 3.03. The Morgan fingerprint density at radius 1 is 1.33 bits per heavy atom. The number of nitrogens with zero attached hydrogens (tertiary/aromatic N) is 1. The van der Waals surface area contributed by atoms with Crippen LogP contribution in [0.2, 0.25) is 0 Å². The lowest BCUT2D eigenvalue weighted by Gasteiger charge is -2.20. The minimum absolute atomic E-state index is 0.222. The van der Waals surface area contributed by atoms with Gasteiger partial charge in [0.1, 0.15) is 5.75 Å². The number of hydrogen-bond donors (Lipinski definition) is 1. The minimum atomic E-state index is 0.222. The van der Waals surface area contributed by atoms with Gasteiger partial charge in [-0.25, -0.2) is 0 Å². The third-order valence-corrected chi connectivity index (χ3v) is 3.03. The van der Waals surface area contributed by atoms with Gasteiger partial charge in [0.2, 0.25) is 6.79 Å². The van der Waals surface area contributed by atoms with Crippen LogP contribution in [-0.2, 0) is 11.3 Å². The van der Waals surface area contributed by atoms with Gasteiger partial charge in [-0.05, 0) is 12.6 Å². The summed E-state index contributed by atoms with van der Waals surface area (Å²) in [6.07, 6.45) is 0. The molecule has 5 heteroatoms. The van der Waals surface area contributed by atoms with Crippen molar-refractivity contribution in [1.82, 2.24) is 4.90 Å². The van der Waals surface area contributed by atoms with Gasteiger partial charge in [-0.2, -0.15) is 0 Å². The lowest BCUT2D eigenvalue weighted by molar-refractivity contribution is 0.147. The van der Waals surface area contributed by atoms with Crippen molar-refractivity contribution in [2.75, 3.05) is 33.6 Å². The fourth-order valence-corrected chi connectivity index (χ4v) is 1.91. The van der Waals surface area contributed by atoms with Crippen LogP contribution in [0.3, 0.4) is 0 Å². The number of phenols is 1. The van der Waals surface area contributed by atoms with Crippen LogP contribution in [0.1, 0.15) is 12.5 Å². The Morgan fingerprint density at radius 3 is 2.72 bits per heavy atom. The van der Waals surface area contributed by atoms with Gasteiger partial charge in [0.15, 0.2) is 11.5 Å². The highest BCUT2D eigenvalue weighted by Gasteiger charge is 2.18. The maximum Gasteiger partial charge on any atom is 0.231 e. The third kappa shape index (κ3) is 2.86. The molecule has 0 amide bonds. The van der Waals surface area contributed by atoms with E-state index in [-0.39, 0.29) is 12.5 Å². The molecule has 0 bridgehead atoms. The highest BCUT2D eigenvalue weighted by molar-refractivity contribution is 5.51. The summed E-state index contributed by atoms with van der Waals surface area (Å²) in [6, 6.07) is 3.45. The van der Waals surface area contributed by atoms with Crippen molar-refractivity contribution < 1.29 is 19.3 Å². The first-order valence-corrected chi connectivity index (χ1v) is 6.07. The second kappa shape index (κ2) is 5.93. The van der Waals surface area contributed by atoms with E-state index in [1.165, 1.54) is 0 Å². The SMILES string of the molecule is CCN(CCOC)Cc1cc2c(cc1O)OCO2. The van der Waals surface area contributed by atoms with Gasteiger partial charge in [0, 0.05) is 31.8 Å². The largest absolute Gasteiger partial charge is 0.507 e. The standard InChI is InChI=1S/C13H19NO4/c1-3-14(4-5-16-2)8-10-6-12-13(7-11(10)15)18-9-17-12/h6-7,15H,3-5,8-9H2,1-2H3. The number of phenolic OH excluding ortho intramolecular Hbond substituents is 1. The molecule has 0 saturated carbocycles. The van der Waals surface area contributed by atoms with E-state index < -0.39 is 0 Å². The van der Waals surface area contributed by atoms with Crippen LogP contribution in [0.25, 0.3) is 0 Å². The first kappa shape index (κ1) is 13.0. The Labute approximate surface area is 107 Å². The van der Waals surface area contributed by atoms with Gasteiger partial charge in [-0.1, -0.05) is 6.92 Å². The highest BCUT2D eigenvalue weighted by Crippen LogP contribution is 2.37. The van der Waals surface area contributed by atoms with Crippen LogP contribution in [0.15, 0.2) is 12.1 Å². The average molecular weight is 253 g/mol. The molecule has 18 heavy (non-hydrogen) atoms. The second-order valence-corrected chi connectivity index (χ2v) is 4.20. The number of fused-ring (bicyclic) bond motifs is 1. The van der Waals surface area contributed by atoms with Crippen LogP contribution in [0, 0.1) is 0 Å². The van der Waals surface area contributed by atoms with Crippen molar-refractivity contribution in [2.24, 2.45) is 0 Å². The van der Waals surface area contributed by atoms with E-state index in [0.717, 1.165) is 18.7 Å². The normalized spacial score (nSPS) is 13.3. The maximum atomic E-state index is 9.95. The maximum absolute atomic E-state index is 9.95. The Hall–Kier alpha value is -1.46. The minimum Gasteiger partial charge on any atom is -0.507 e. The van der Waals surface area contributed by atoms with Gasteiger partial charge in [0.05, 0.1) is 6.61 Å². The molecule has 0 aromatic heterocycles. The predicted octanol–water partition coefficient (Wildman–Crippen LogP) is 1.59. The first-order chi connectivity index (χ1) is 8.74. The van der Waals surface area contributed by atoms with Gasteiger partial charge < -0.3 is 19.3 Å². The van der Waals surface area contributed by atoms with E-state index in [0.29, 0.717) is 24.7 Å². The number of methoxy groups -OCH3 is 1. The number of aromatic hydroxyl groups is 1. The van der Waals surface area contributed by atoms with Crippen LogP contribution in [0.5, 0.6) is 17.2 Å². The summed E-state index contributed by atoms with van der Waals surface area (Å²) in [7, 11) is 1.69. The number of likely N-dealkylation sites (N-methyl/N-ethyl adjacent to an activating group) is 1. The van der Waals surface area contributed by atoms with E-state index >= 15 is 0 Å². The van der Waals surface area contributed by atoms with Crippen molar-refractivity contribution in [3.8, 4) is 17.2 Å². The molecule has 100 valence electrons. The van der Waals surface area contributed by atoms with Crippen molar-refractivity contribution in [1.29, 1.82) is 0 Å². The van der Waals surface area contributed by atoms with Gasteiger partial charge in [0.25, 0.3) is 0 Å². The molecule has 2 rings (SSSR count). The summed E-state index contributed by atoms with van der Waals surface area (Å²) >= 11 is 0.